The largest absolute Gasteiger partial charge is 0.494 e. The first-order chi connectivity index (χ1) is 17.5. The molecule has 0 aliphatic carbocycles. The van der Waals surface area contributed by atoms with Crippen LogP contribution in [0.2, 0.25) is 0 Å². The summed E-state index contributed by atoms with van der Waals surface area (Å²) >= 11 is 0. The maximum atomic E-state index is 13.8. The van der Waals surface area contributed by atoms with Crippen molar-refractivity contribution in [3.05, 3.63) is 101 Å². The van der Waals surface area contributed by atoms with E-state index in [9.17, 15) is 18.7 Å². The van der Waals surface area contributed by atoms with E-state index in [2.05, 4.69) is 4.90 Å². The summed E-state index contributed by atoms with van der Waals surface area (Å²) in [6, 6.07) is 19.7. The van der Waals surface area contributed by atoms with Gasteiger partial charge in [0.25, 0.3) is 0 Å². The number of rotatable bonds is 9. The number of piperidine rings is 1. The number of ether oxygens (including phenoxy) is 2. The van der Waals surface area contributed by atoms with Gasteiger partial charge >= 0.3 is 5.97 Å². The Hall–Kier alpha value is -3.29. The number of methoxy groups -OCH3 is 1. The number of esters is 1. The molecule has 1 saturated heterocycles. The van der Waals surface area contributed by atoms with E-state index < -0.39 is 11.5 Å². The van der Waals surface area contributed by atoms with Crippen molar-refractivity contribution >= 4 is 5.97 Å². The van der Waals surface area contributed by atoms with Crippen LogP contribution in [-0.4, -0.2) is 49.4 Å². The molecule has 3 aromatic carbocycles. The van der Waals surface area contributed by atoms with Crippen LogP contribution in [0.4, 0.5) is 8.78 Å². The van der Waals surface area contributed by atoms with Crippen LogP contribution >= 0.6 is 0 Å². The summed E-state index contributed by atoms with van der Waals surface area (Å²) in [4.78, 5) is 13.9. The van der Waals surface area contributed by atoms with Crippen LogP contribution in [0.1, 0.15) is 40.7 Å². The number of halogens is 2. The van der Waals surface area contributed by atoms with E-state index >= 15 is 0 Å². The Kier molecular flexibility index (Phi) is 8.33. The third-order valence-electron chi connectivity index (χ3n) is 6.95. The molecule has 7 heteroatoms. The van der Waals surface area contributed by atoms with Crippen molar-refractivity contribution in [2.75, 3.05) is 33.4 Å². The lowest BCUT2D eigenvalue weighted by Crippen LogP contribution is -2.53. The van der Waals surface area contributed by atoms with Gasteiger partial charge in [-0.25, -0.2) is 13.6 Å². The van der Waals surface area contributed by atoms with E-state index in [1.807, 2.05) is 0 Å². The molecule has 190 valence electrons. The summed E-state index contributed by atoms with van der Waals surface area (Å²) in [6.45, 7) is 1.93. The fraction of sp³-hybridized carbons (Fsp3) is 0.345. The monoisotopic (exact) mass is 495 g/mol. The standard InChI is InChI=1S/C29H31F2NO4/c1-35-28(34)22-3-13-27(14-4-22)36-18-2-16-32-17-15-21(20-33)19-29(32,23-5-9-25(30)10-6-23)24-7-11-26(31)12-8-24/h3-14,21,33H,2,15-20H2,1H3. The zero-order valence-corrected chi connectivity index (χ0v) is 20.3. The maximum Gasteiger partial charge on any atom is 0.337 e. The number of nitrogens with zero attached hydrogens (tertiary/aromatic N) is 1. The molecule has 0 bridgehead atoms. The molecule has 1 unspecified atom stereocenters. The van der Waals surface area contributed by atoms with Gasteiger partial charge in [-0.15, -0.1) is 0 Å². The molecule has 1 atom stereocenters. The summed E-state index contributed by atoms with van der Waals surface area (Å²) in [6.07, 6.45) is 2.18. The lowest BCUT2D eigenvalue weighted by molar-refractivity contribution is 0.0239. The minimum absolute atomic E-state index is 0.0582. The second-order valence-corrected chi connectivity index (χ2v) is 9.12. The summed E-state index contributed by atoms with van der Waals surface area (Å²) < 4.78 is 38.3. The van der Waals surface area contributed by atoms with Gasteiger partial charge in [0.05, 0.1) is 24.8 Å². The summed E-state index contributed by atoms with van der Waals surface area (Å²) in [5, 5.41) is 10.0. The molecule has 1 heterocycles. The molecule has 5 nitrogen and oxygen atoms in total. The van der Waals surface area contributed by atoms with Crippen molar-refractivity contribution in [2.45, 2.75) is 24.8 Å². The van der Waals surface area contributed by atoms with Crippen molar-refractivity contribution in [2.24, 2.45) is 5.92 Å². The Morgan fingerprint density at radius 3 is 2.08 bits per heavy atom. The van der Waals surface area contributed by atoms with Gasteiger partial charge in [-0.1, -0.05) is 24.3 Å². The van der Waals surface area contributed by atoms with Crippen LogP contribution < -0.4 is 4.74 Å². The number of carbonyl (C=O) groups excluding carboxylic acids is 1. The Balaban J connectivity index is 1.55. The zero-order valence-electron chi connectivity index (χ0n) is 20.3. The van der Waals surface area contributed by atoms with E-state index in [1.165, 1.54) is 31.4 Å². The van der Waals surface area contributed by atoms with Gasteiger partial charge in [0.1, 0.15) is 17.4 Å². The van der Waals surface area contributed by atoms with Crippen molar-refractivity contribution in [3.8, 4) is 5.75 Å². The van der Waals surface area contributed by atoms with Gasteiger partial charge in [0, 0.05) is 13.2 Å². The average molecular weight is 496 g/mol. The summed E-state index contributed by atoms with van der Waals surface area (Å²) in [7, 11) is 1.34. The van der Waals surface area contributed by atoms with Gasteiger partial charge in [-0.2, -0.15) is 0 Å². The highest BCUT2D eigenvalue weighted by Crippen LogP contribution is 2.45. The number of benzene rings is 3. The second kappa shape index (κ2) is 11.6. The molecule has 1 aliphatic rings. The van der Waals surface area contributed by atoms with Crippen molar-refractivity contribution < 1.29 is 28.2 Å². The highest BCUT2D eigenvalue weighted by molar-refractivity contribution is 5.89. The van der Waals surface area contributed by atoms with Crippen LogP contribution in [-0.2, 0) is 10.3 Å². The molecule has 0 spiro atoms. The van der Waals surface area contributed by atoms with Crippen LogP contribution in [0, 0.1) is 17.6 Å². The number of carbonyl (C=O) groups is 1. The van der Waals surface area contributed by atoms with Crippen LogP contribution in [0.25, 0.3) is 0 Å². The van der Waals surface area contributed by atoms with E-state index in [1.54, 1.807) is 48.5 Å². The molecule has 4 rings (SSSR count). The summed E-state index contributed by atoms with van der Waals surface area (Å²) in [5.41, 5.74) is 1.65. The van der Waals surface area contributed by atoms with Crippen LogP contribution in [0.3, 0.4) is 0 Å². The predicted octanol–water partition coefficient (Wildman–Crippen LogP) is 5.17. The molecular weight excluding hydrogens is 464 g/mol. The van der Waals surface area contributed by atoms with Gasteiger partial charge in [0.15, 0.2) is 0 Å². The second-order valence-electron chi connectivity index (χ2n) is 9.12. The minimum Gasteiger partial charge on any atom is -0.494 e. The highest BCUT2D eigenvalue weighted by Gasteiger charge is 2.44. The molecule has 0 aromatic heterocycles. The van der Waals surface area contributed by atoms with Crippen LogP contribution in [0.5, 0.6) is 5.75 Å². The van der Waals surface area contributed by atoms with Crippen molar-refractivity contribution in [1.29, 1.82) is 0 Å². The van der Waals surface area contributed by atoms with E-state index in [0.29, 0.717) is 37.3 Å². The van der Waals surface area contributed by atoms with Gasteiger partial charge in [-0.05, 0) is 91.4 Å². The van der Waals surface area contributed by atoms with Gasteiger partial charge < -0.3 is 14.6 Å². The van der Waals surface area contributed by atoms with Gasteiger partial charge in [-0.3, -0.25) is 4.90 Å². The minimum atomic E-state index is -0.630. The first-order valence-electron chi connectivity index (χ1n) is 12.2. The first-order valence-corrected chi connectivity index (χ1v) is 12.2. The number of hydrogen-bond donors (Lipinski definition) is 1. The third-order valence-corrected chi connectivity index (χ3v) is 6.95. The number of aliphatic hydroxyl groups is 1. The molecule has 0 saturated carbocycles. The molecule has 0 amide bonds. The maximum absolute atomic E-state index is 13.8. The average Bonchev–Trinajstić information content (AvgIpc) is 2.92. The number of hydrogen-bond acceptors (Lipinski definition) is 5. The molecular formula is C29H31F2NO4. The Morgan fingerprint density at radius 1 is 0.972 bits per heavy atom. The lowest BCUT2D eigenvalue weighted by Gasteiger charge is -2.50. The molecule has 0 radical (unpaired) electrons. The summed E-state index contributed by atoms with van der Waals surface area (Å²) in [5.74, 6) is -0.307. The van der Waals surface area contributed by atoms with E-state index in [0.717, 1.165) is 24.1 Å². The number of likely N-dealkylation sites (tertiary alicyclic amines) is 1. The molecule has 36 heavy (non-hydrogen) atoms. The fourth-order valence-corrected chi connectivity index (χ4v) is 5.11. The fourth-order valence-electron chi connectivity index (χ4n) is 5.11. The highest BCUT2D eigenvalue weighted by atomic mass is 19.1. The third kappa shape index (κ3) is 5.58. The van der Waals surface area contributed by atoms with Crippen LogP contribution in [0.15, 0.2) is 72.8 Å². The quantitative estimate of drug-likeness (QED) is 0.328. The number of aliphatic hydroxyl groups excluding tert-OH is 1. The Bertz CT molecular complexity index is 1090. The molecule has 3 aromatic rings. The Labute approximate surface area is 210 Å². The van der Waals surface area contributed by atoms with E-state index in [-0.39, 0.29) is 24.2 Å². The van der Waals surface area contributed by atoms with Crippen molar-refractivity contribution in [1.82, 2.24) is 4.90 Å². The van der Waals surface area contributed by atoms with Crippen molar-refractivity contribution in [3.63, 3.8) is 0 Å². The molecule has 1 N–H and O–H groups in total. The predicted molar refractivity (Wildman–Crippen MR) is 133 cm³/mol. The smallest absolute Gasteiger partial charge is 0.337 e. The van der Waals surface area contributed by atoms with E-state index in [4.69, 9.17) is 9.47 Å². The lowest BCUT2D eigenvalue weighted by atomic mass is 9.71. The van der Waals surface area contributed by atoms with Gasteiger partial charge in [0.2, 0.25) is 0 Å². The first kappa shape index (κ1) is 25.8. The SMILES string of the molecule is COC(=O)c1ccc(OCCCN2CCC(CO)CC2(c2ccc(F)cc2)c2ccc(F)cc2)cc1. The molecule has 1 fully saturated rings. The normalized spacial score (nSPS) is 17.5. The Morgan fingerprint density at radius 2 is 1.56 bits per heavy atom. The zero-order chi connectivity index (χ0) is 25.5. The molecule has 1 aliphatic heterocycles. The topological polar surface area (TPSA) is 59.0 Å².